The quantitative estimate of drug-likeness (QED) is 0.694. The number of nitrogens with zero attached hydrogens (tertiary/aromatic N) is 3. The largest absolute Gasteiger partial charge is 0.322 e. The molecule has 132 valence electrons. The molecule has 2 heterocycles. The van der Waals surface area contributed by atoms with Crippen LogP contribution in [-0.2, 0) is 9.59 Å². The van der Waals surface area contributed by atoms with Gasteiger partial charge in [-0.2, -0.15) is 0 Å². The van der Waals surface area contributed by atoms with Gasteiger partial charge in [0.25, 0.3) is 0 Å². The fourth-order valence-corrected chi connectivity index (χ4v) is 2.31. The molecule has 2 aromatic heterocycles. The van der Waals surface area contributed by atoms with Crippen LogP contribution in [-0.4, -0.2) is 46.3 Å². The smallest absolute Gasteiger partial charge is 0.241 e. The third-order valence-corrected chi connectivity index (χ3v) is 4.22. The molecule has 0 aliphatic carbocycles. The van der Waals surface area contributed by atoms with Crippen LogP contribution in [0.1, 0.15) is 6.92 Å². The summed E-state index contributed by atoms with van der Waals surface area (Å²) in [6.07, 6.45) is 3.13. The highest BCUT2D eigenvalue weighted by molar-refractivity contribution is 9.10. The van der Waals surface area contributed by atoms with E-state index in [0.717, 1.165) is 4.47 Å². The minimum absolute atomic E-state index is 0.0348. The monoisotopic (exact) mass is 425 g/mol. The Balaban J connectivity index is 1.89. The molecular weight excluding hydrogens is 410 g/mol. The number of pyridine rings is 2. The first-order chi connectivity index (χ1) is 11.9. The molecule has 2 aromatic rings. The minimum Gasteiger partial charge on any atom is -0.322 e. The van der Waals surface area contributed by atoms with E-state index in [1.54, 1.807) is 49.3 Å². The number of rotatable bonds is 6. The van der Waals surface area contributed by atoms with Gasteiger partial charge in [-0.15, -0.1) is 0 Å². The standard InChI is InChI=1S/C16H17BrClN5O2/c1-10(16(25)21-12-4-3-7-19-15(12)18)23(2)9-14(24)22-13-6-5-11(17)8-20-13/h3-8,10H,9H2,1-2H3,(H,21,25)(H,20,22,24). The number of carbonyl (C=O) groups excluding carboxylic acids is 2. The van der Waals surface area contributed by atoms with Gasteiger partial charge in [0.15, 0.2) is 5.15 Å². The molecule has 2 amide bonds. The summed E-state index contributed by atoms with van der Waals surface area (Å²) >= 11 is 9.20. The van der Waals surface area contributed by atoms with E-state index in [2.05, 4.69) is 36.5 Å². The molecule has 0 spiro atoms. The minimum atomic E-state index is -0.542. The topological polar surface area (TPSA) is 87.2 Å². The average Bonchev–Trinajstić information content (AvgIpc) is 2.58. The van der Waals surface area contributed by atoms with E-state index < -0.39 is 6.04 Å². The van der Waals surface area contributed by atoms with Crippen molar-refractivity contribution in [2.24, 2.45) is 0 Å². The second-order valence-electron chi connectivity index (χ2n) is 5.33. The van der Waals surface area contributed by atoms with Crippen molar-refractivity contribution < 1.29 is 9.59 Å². The molecule has 0 saturated carbocycles. The van der Waals surface area contributed by atoms with Crippen LogP contribution in [0.25, 0.3) is 0 Å². The van der Waals surface area contributed by atoms with Crippen molar-refractivity contribution in [2.75, 3.05) is 24.2 Å². The first-order valence-electron chi connectivity index (χ1n) is 7.40. The first-order valence-corrected chi connectivity index (χ1v) is 8.57. The Bertz CT molecular complexity index is 756. The lowest BCUT2D eigenvalue weighted by Crippen LogP contribution is -2.43. The van der Waals surface area contributed by atoms with Gasteiger partial charge in [-0.05, 0) is 54.2 Å². The molecule has 9 heteroatoms. The number of amides is 2. The van der Waals surface area contributed by atoms with E-state index in [4.69, 9.17) is 11.6 Å². The maximum absolute atomic E-state index is 12.3. The van der Waals surface area contributed by atoms with Crippen LogP contribution in [0.2, 0.25) is 5.15 Å². The number of anilines is 2. The predicted octanol–water partition coefficient (Wildman–Crippen LogP) is 2.79. The molecule has 7 nitrogen and oxygen atoms in total. The molecule has 25 heavy (non-hydrogen) atoms. The highest BCUT2D eigenvalue weighted by Crippen LogP contribution is 2.18. The summed E-state index contributed by atoms with van der Waals surface area (Å²) in [5.74, 6) is -0.107. The van der Waals surface area contributed by atoms with Crippen molar-refractivity contribution in [3.05, 3.63) is 46.3 Å². The van der Waals surface area contributed by atoms with Crippen LogP contribution in [0.4, 0.5) is 11.5 Å². The molecule has 0 saturated heterocycles. The first kappa shape index (κ1) is 19.3. The summed E-state index contributed by atoms with van der Waals surface area (Å²) in [4.78, 5) is 34.0. The van der Waals surface area contributed by atoms with Crippen LogP contribution < -0.4 is 10.6 Å². The second kappa shape index (κ2) is 8.89. The van der Waals surface area contributed by atoms with Gasteiger partial charge in [-0.25, -0.2) is 9.97 Å². The van der Waals surface area contributed by atoms with Crippen LogP contribution in [0.3, 0.4) is 0 Å². The lowest BCUT2D eigenvalue weighted by molar-refractivity contribution is -0.122. The predicted molar refractivity (Wildman–Crippen MR) is 101 cm³/mol. The highest BCUT2D eigenvalue weighted by Gasteiger charge is 2.21. The molecular formula is C16H17BrClN5O2. The van der Waals surface area contributed by atoms with Crippen molar-refractivity contribution >= 4 is 50.9 Å². The van der Waals surface area contributed by atoms with Gasteiger partial charge in [-0.3, -0.25) is 14.5 Å². The van der Waals surface area contributed by atoms with Crippen molar-refractivity contribution in [3.8, 4) is 0 Å². The van der Waals surface area contributed by atoms with Crippen molar-refractivity contribution in [2.45, 2.75) is 13.0 Å². The maximum atomic E-state index is 12.3. The Kier molecular flexibility index (Phi) is 6.86. The zero-order chi connectivity index (χ0) is 18.4. The number of carbonyl (C=O) groups is 2. The zero-order valence-corrected chi connectivity index (χ0v) is 16.0. The molecule has 0 fully saturated rings. The normalized spacial score (nSPS) is 11.9. The summed E-state index contributed by atoms with van der Waals surface area (Å²) in [5, 5.41) is 5.59. The molecule has 2 N–H and O–H groups in total. The Morgan fingerprint density at radius 2 is 2.04 bits per heavy atom. The van der Waals surface area contributed by atoms with Gasteiger partial charge in [0.1, 0.15) is 5.82 Å². The Morgan fingerprint density at radius 3 is 2.68 bits per heavy atom. The SMILES string of the molecule is CC(C(=O)Nc1cccnc1Cl)N(C)CC(=O)Nc1ccc(Br)cn1. The number of hydrogen-bond donors (Lipinski definition) is 2. The molecule has 1 unspecified atom stereocenters. The summed E-state index contributed by atoms with van der Waals surface area (Å²) in [5.41, 5.74) is 0.429. The van der Waals surface area contributed by atoms with Gasteiger partial charge in [0.2, 0.25) is 11.8 Å². The Labute approximate surface area is 158 Å². The third kappa shape index (κ3) is 5.77. The maximum Gasteiger partial charge on any atom is 0.241 e. The Morgan fingerprint density at radius 1 is 1.28 bits per heavy atom. The number of halogens is 2. The van der Waals surface area contributed by atoms with Crippen LogP contribution in [0.15, 0.2) is 41.1 Å². The van der Waals surface area contributed by atoms with E-state index in [1.165, 1.54) is 6.20 Å². The van der Waals surface area contributed by atoms with Crippen molar-refractivity contribution in [3.63, 3.8) is 0 Å². The molecule has 0 aliphatic rings. The van der Waals surface area contributed by atoms with Crippen molar-refractivity contribution in [1.82, 2.24) is 14.9 Å². The second-order valence-corrected chi connectivity index (χ2v) is 6.61. The lowest BCUT2D eigenvalue weighted by Gasteiger charge is -2.23. The Hall–Kier alpha value is -2.03. The summed E-state index contributed by atoms with van der Waals surface area (Å²) < 4.78 is 0.821. The van der Waals surface area contributed by atoms with Gasteiger partial charge >= 0.3 is 0 Å². The fourth-order valence-electron chi connectivity index (χ4n) is 1.91. The van der Waals surface area contributed by atoms with Gasteiger partial charge in [0.05, 0.1) is 18.3 Å². The average molecular weight is 427 g/mol. The molecule has 1 atom stereocenters. The van der Waals surface area contributed by atoms with Gasteiger partial charge < -0.3 is 10.6 Å². The van der Waals surface area contributed by atoms with Crippen LogP contribution >= 0.6 is 27.5 Å². The van der Waals surface area contributed by atoms with E-state index in [0.29, 0.717) is 11.5 Å². The molecule has 0 aromatic carbocycles. The lowest BCUT2D eigenvalue weighted by atomic mass is 10.2. The van der Waals surface area contributed by atoms with Crippen LogP contribution in [0, 0.1) is 0 Å². The van der Waals surface area contributed by atoms with E-state index in [-0.39, 0.29) is 23.5 Å². The van der Waals surface area contributed by atoms with Crippen LogP contribution in [0.5, 0.6) is 0 Å². The summed E-state index contributed by atoms with van der Waals surface area (Å²) in [6, 6.07) is 6.25. The third-order valence-electron chi connectivity index (χ3n) is 3.45. The number of nitrogens with one attached hydrogen (secondary N) is 2. The molecule has 2 rings (SSSR count). The summed E-state index contributed by atoms with van der Waals surface area (Å²) in [6.45, 7) is 1.73. The number of aromatic nitrogens is 2. The highest BCUT2D eigenvalue weighted by atomic mass is 79.9. The number of hydrogen-bond acceptors (Lipinski definition) is 5. The number of likely N-dealkylation sites (N-methyl/N-ethyl adjacent to an activating group) is 1. The summed E-state index contributed by atoms with van der Waals surface area (Å²) in [7, 11) is 1.68. The van der Waals surface area contributed by atoms with Gasteiger partial charge in [0, 0.05) is 16.9 Å². The van der Waals surface area contributed by atoms with Crippen molar-refractivity contribution in [1.29, 1.82) is 0 Å². The van der Waals surface area contributed by atoms with E-state index in [9.17, 15) is 9.59 Å². The molecule has 0 radical (unpaired) electrons. The fraction of sp³-hybridized carbons (Fsp3) is 0.250. The molecule has 0 aliphatic heterocycles. The van der Waals surface area contributed by atoms with E-state index in [1.807, 2.05) is 0 Å². The van der Waals surface area contributed by atoms with E-state index >= 15 is 0 Å². The molecule has 0 bridgehead atoms. The van der Waals surface area contributed by atoms with Gasteiger partial charge in [-0.1, -0.05) is 11.6 Å². The zero-order valence-electron chi connectivity index (χ0n) is 13.7.